The Morgan fingerprint density at radius 1 is 1.32 bits per heavy atom. The highest BCUT2D eigenvalue weighted by molar-refractivity contribution is 5.98. The van der Waals surface area contributed by atoms with Crippen molar-refractivity contribution in [1.29, 1.82) is 0 Å². The van der Waals surface area contributed by atoms with Gasteiger partial charge in [-0.3, -0.25) is 4.98 Å². The summed E-state index contributed by atoms with van der Waals surface area (Å²) in [5.74, 6) is 0.646. The Hall–Kier alpha value is -1.77. The van der Waals surface area contributed by atoms with Gasteiger partial charge >= 0.3 is 0 Å². The van der Waals surface area contributed by atoms with Crippen molar-refractivity contribution in [2.75, 3.05) is 17.2 Å². The number of hydrogen-bond acceptors (Lipinski definition) is 3. The van der Waals surface area contributed by atoms with E-state index in [1.54, 1.807) is 0 Å². The van der Waals surface area contributed by atoms with E-state index in [4.69, 9.17) is 5.73 Å². The number of rotatable bonds is 4. The Bertz CT molecular complexity index is 588. The minimum absolute atomic E-state index is 0.646. The van der Waals surface area contributed by atoms with Gasteiger partial charge in [0, 0.05) is 35.8 Å². The van der Waals surface area contributed by atoms with Gasteiger partial charge in [0.05, 0.1) is 11.4 Å². The molecule has 0 bridgehead atoms. The average Bonchev–Trinajstić information content (AvgIpc) is 3.21. The average molecular weight is 255 g/mol. The van der Waals surface area contributed by atoms with Gasteiger partial charge in [0.25, 0.3) is 0 Å². The molecule has 1 aromatic carbocycles. The summed E-state index contributed by atoms with van der Waals surface area (Å²) < 4.78 is 0. The van der Waals surface area contributed by atoms with Crippen LogP contribution in [0.4, 0.5) is 11.4 Å². The van der Waals surface area contributed by atoms with E-state index < -0.39 is 0 Å². The molecule has 1 saturated carbocycles. The van der Waals surface area contributed by atoms with Crippen LogP contribution in [0.3, 0.4) is 0 Å². The van der Waals surface area contributed by atoms with Crippen LogP contribution in [-0.4, -0.2) is 17.6 Å². The molecule has 3 rings (SSSR count). The number of anilines is 2. The molecule has 0 atom stereocenters. The van der Waals surface area contributed by atoms with E-state index in [1.807, 2.05) is 18.5 Å². The zero-order valence-corrected chi connectivity index (χ0v) is 11.6. The highest BCUT2D eigenvalue weighted by Crippen LogP contribution is 2.38. The van der Waals surface area contributed by atoms with Gasteiger partial charge in [0.1, 0.15) is 0 Å². The lowest BCUT2D eigenvalue weighted by Gasteiger charge is -2.28. The van der Waals surface area contributed by atoms with Crippen molar-refractivity contribution in [2.24, 2.45) is 5.92 Å². The predicted octanol–water partition coefficient (Wildman–Crippen LogP) is 3.44. The summed E-state index contributed by atoms with van der Waals surface area (Å²) in [5.41, 5.74) is 8.48. The summed E-state index contributed by atoms with van der Waals surface area (Å²) in [6.45, 7) is 5.60. The summed E-state index contributed by atoms with van der Waals surface area (Å²) in [6, 6.07) is 6.97. The highest BCUT2D eigenvalue weighted by Gasteiger charge is 2.30. The fourth-order valence-corrected chi connectivity index (χ4v) is 2.66. The van der Waals surface area contributed by atoms with Crippen LogP contribution in [0.25, 0.3) is 10.8 Å². The third-order valence-electron chi connectivity index (χ3n) is 3.70. The number of nitrogens with two attached hydrogens (primary N) is 1. The van der Waals surface area contributed by atoms with Crippen LogP contribution in [0.1, 0.15) is 26.7 Å². The molecule has 1 fully saturated rings. The fraction of sp³-hybridized carbons (Fsp3) is 0.438. The van der Waals surface area contributed by atoms with E-state index in [2.05, 4.69) is 35.9 Å². The number of hydrogen-bond donors (Lipinski definition) is 1. The molecule has 0 radical (unpaired) electrons. The second-order valence-corrected chi connectivity index (χ2v) is 5.87. The standard InChI is InChI=1S/C16H21N3/c1-11(2)10-19(13-4-5-13)15-6-3-12-9-18-8-7-14(12)16(15)17/h3,6-9,11,13H,4-5,10,17H2,1-2H3. The third kappa shape index (κ3) is 2.37. The zero-order chi connectivity index (χ0) is 13.4. The molecule has 1 aliphatic carbocycles. The summed E-state index contributed by atoms with van der Waals surface area (Å²) >= 11 is 0. The van der Waals surface area contributed by atoms with Crippen LogP contribution in [0.2, 0.25) is 0 Å². The van der Waals surface area contributed by atoms with Crippen LogP contribution >= 0.6 is 0 Å². The molecular formula is C16H21N3. The number of pyridine rings is 1. The van der Waals surface area contributed by atoms with Crippen LogP contribution < -0.4 is 10.6 Å². The summed E-state index contributed by atoms with van der Waals surface area (Å²) in [4.78, 5) is 6.64. The molecule has 0 spiro atoms. The first-order chi connectivity index (χ1) is 9.16. The summed E-state index contributed by atoms with van der Waals surface area (Å²) in [5, 5.41) is 2.23. The first-order valence-electron chi connectivity index (χ1n) is 7.05. The summed E-state index contributed by atoms with van der Waals surface area (Å²) in [6.07, 6.45) is 6.27. The molecule has 0 aliphatic heterocycles. The van der Waals surface area contributed by atoms with Gasteiger partial charge in [-0.1, -0.05) is 19.9 Å². The molecule has 100 valence electrons. The maximum atomic E-state index is 6.39. The van der Waals surface area contributed by atoms with Gasteiger partial charge in [-0.15, -0.1) is 0 Å². The fourth-order valence-electron chi connectivity index (χ4n) is 2.66. The third-order valence-corrected chi connectivity index (χ3v) is 3.70. The smallest absolute Gasteiger partial charge is 0.0632 e. The van der Waals surface area contributed by atoms with Crippen LogP contribution in [0.5, 0.6) is 0 Å². The minimum Gasteiger partial charge on any atom is -0.397 e. The van der Waals surface area contributed by atoms with E-state index in [9.17, 15) is 0 Å². The molecule has 3 nitrogen and oxygen atoms in total. The van der Waals surface area contributed by atoms with E-state index in [1.165, 1.54) is 18.5 Å². The monoisotopic (exact) mass is 255 g/mol. The molecule has 2 N–H and O–H groups in total. The molecule has 1 aromatic heterocycles. The van der Waals surface area contributed by atoms with Crippen molar-refractivity contribution >= 4 is 22.1 Å². The van der Waals surface area contributed by atoms with Crippen LogP contribution in [0.15, 0.2) is 30.6 Å². The molecule has 2 aromatic rings. The van der Waals surface area contributed by atoms with Crippen LogP contribution in [-0.2, 0) is 0 Å². The largest absolute Gasteiger partial charge is 0.397 e. The van der Waals surface area contributed by atoms with Gasteiger partial charge in [0.2, 0.25) is 0 Å². The Morgan fingerprint density at radius 3 is 2.79 bits per heavy atom. The number of benzene rings is 1. The number of fused-ring (bicyclic) bond motifs is 1. The molecular weight excluding hydrogens is 234 g/mol. The van der Waals surface area contributed by atoms with Crippen molar-refractivity contribution < 1.29 is 0 Å². The quantitative estimate of drug-likeness (QED) is 0.851. The van der Waals surface area contributed by atoms with E-state index in [-0.39, 0.29) is 0 Å². The summed E-state index contributed by atoms with van der Waals surface area (Å²) in [7, 11) is 0. The Morgan fingerprint density at radius 2 is 2.11 bits per heavy atom. The van der Waals surface area contributed by atoms with Gasteiger partial charge < -0.3 is 10.6 Å². The normalized spacial score (nSPS) is 15.1. The first kappa shape index (κ1) is 12.3. The van der Waals surface area contributed by atoms with Crippen molar-refractivity contribution in [3.05, 3.63) is 30.6 Å². The number of aromatic nitrogens is 1. The maximum Gasteiger partial charge on any atom is 0.0632 e. The first-order valence-corrected chi connectivity index (χ1v) is 7.05. The molecule has 0 unspecified atom stereocenters. The van der Waals surface area contributed by atoms with E-state index in [0.717, 1.165) is 23.0 Å². The lowest BCUT2D eigenvalue weighted by atomic mass is 10.1. The maximum absolute atomic E-state index is 6.39. The molecule has 19 heavy (non-hydrogen) atoms. The van der Waals surface area contributed by atoms with Gasteiger partial charge in [-0.05, 0) is 30.9 Å². The molecule has 0 amide bonds. The van der Waals surface area contributed by atoms with Gasteiger partial charge in [-0.25, -0.2) is 0 Å². The van der Waals surface area contributed by atoms with Gasteiger partial charge in [-0.2, -0.15) is 0 Å². The topological polar surface area (TPSA) is 42.2 Å². The Labute approximate surface area is 114 Å². The number of nitrogen functional groups attached to an aromatic ring is 1. The molecule has 0 saturated heterocycles. The second-order valence-electron chi connectivity index (χ2n) is 5.87. The van der Waals surface area contributed by atoms with Gasteiger partial charge in [0.15, 0.2) is 0 Å². The lowest BCUT2D eigenvalue weighted by molar-refractivity contribution is 0.608. The van der Waals surface area contributed by atoms with Crippen molar-refractivity contribution in [1.82, 2.24) is 4.98 Å². The van der Waals surface area contributed by atoms with Crippen LogP contribution in [0, 0.1) is 5.92 Å². The Kier molecular flexibility index (Phi) is 3.05. The van der Waals surface area contributed by atoms with Crippen molar-refractivity contribution in [2.45, 2.75) is 32.7 Å². The molecule has 3 heteroatoms. The van der Waals surface area contributed by atoms with Crippen molar-refractivity contribution in [3.63, 3.8) is 0 Å². The Balaban J connectivity index is 2.05. The highest BCUT2D eigenvalue weighted by atomic mass is 15.2. The lowest BCUT2D eigenvalue weighted by Crippen LogP contribution is -2.30. The number of nitrogens with zero attached hydrogens (tertiary/aromatic N) is 2. The molecule has 1 heterocycles. The van der Waals surface area contributed by atoms with E-state index in [0.29, 0.717) is 12.0 Å². The second kappa shape index (κ2) is 4.72. The SMILES string of the molecule is CC(C)CN(c1ccc2cnccc2c1N)C1CC1. The van der Waals surface area contributed by atoms with Crippen molar-refractivity contribution in [3.8, 4) is 0 Å². The molecule has 1 aliphatic rings. The van der Waals surface area contributed by atoms with E-state index >= 15 is 0 Å². The zero-order valence-electron chi connectivity index (χ0n) is 11.6. The minimum atomic E-state index is 0.646. The predicted molar refractivity (Wildman–Crippen MR) is 81.4 cm³/mol.